The van der Waals surface area contributed by atoms with Gasteiger partial charge in [-0.1, -0.05) is 160 Å². The highest BCUT2D eigenvalue weighted by Gasteiger charge is 2.20. The van der Waals surface area contributed by atoms with Gasteiger partial charge in [0.25, 0.3) is 0 Å². The number of aromatic nitrogens is 1. The third kappa shape index (κ3) is 8.80. The number of nitrogens with zero attached hydrogens (tertiary/aromatic N) is 1. The third-order valence-corrected chi connectivity index (χ3v) is 11.6. The van der Waals surface area contributed by atoms with Crippen LogP contribution in [0.1, 0.15) is 50.3 Å². The Morgan fingerprint density at radius 3 is 2.22 bits per heavy atom. The van der Waals surface area contributed by atoms with E-state index in [9.17, 15) is 0 Å². The van der Waals surface area contributed by atoms with Crippen molar-refractivity contribution < 1.29 is 0 Å². The molecule has 0 saturated carbocycles. The molecule has 0 bridgehead atoms. The maximum absolute atomic E-state index is 4.28. The minimum atomic E-state index is 0.132. The Kier molecular flexibility index (Phi) is 14.7. The van der Waals surface area contributed by atoms with Crippen molar-refractivity contribution in [3.05, 3.63) is 221 Å². The molecule has 0 aliphatic heterocycles. The lowest BCUT2D eigenvalue weighted by Gasteiger charge is -2.22. The molecule has 0 amide bonds. The van der Waals surface area contributed by atoms with Crippen LogP contribution >= 0.6 is 24.4 Å². The van der Waals surface area contributed by atoms with Crippen LogP contribution in [-0.4, -0.2) is 23.9 Å². The normalized spacial score (nSPS) is 15.8. The first-order chi connectivity index (χ1) is 28.6. The molecule has 0 fully saturated rings. The second-order valence-electron chi connectivity index (χ2n) is 13.8. The zero-order valence-corrected chi connectivity index (χ0v) is 36.1. The molecule has 1 aromatic heterocycles. The van der Waals surface area contributed by atoms with Gasteiger partial charge >= 0.3 is 0 Å². The summed E-state index contributed by atoms with van der Waals surface area (Å²) in [6.45, 7) is 14.3. The molecule has 1 N–H and O–H groups in total. The zero-order valence-electron chi connectivity index (χ0n) is 34.4. The second-order valence-corrected chi connectivity index (χ2v) is 14.7. The van der Waals surface area contributed by atoms with Crippen LogP contribution in [0.5, 0.6) is 0 Å². The summed E-state index contributed by atoms with van der Waals surface area (Å²) < 4.78 is 2.42. The van der Waals surface area contributed by atoms with Gasteiger partial charge in [0.15, 0.2) is 0 Å². The van der Waals surface area contributed by atoms with Crippen molar-refractivity contribution in [1.82, 2.24) is 9.88 Å². The Hall–Kier alpha value is -5.52. The number of thiol groups is 1. The average molecular weight is 795 g/mol. The lowest BCUT2D eigenvalue weighted by molar-refractivity contribution is 0.764. The largest absolute Gasteiger partial charge is 0.310 e. The lowest BCUT2D eigenvalue weighted by Crippen LogP contribution is -2.26. The van der Waals surface area contributed by atoms with Crippen molar-refractivity contribution in [2.45, 2.75) is 39.7 Å². The quantitative estimate of drug-likeness (QED) is 0.106. The maximum Gasteiger partial charge on any atom is 0.0541 e. The summed E-state index contributed by atoms with van der Waals surface area (Å²) in [7, 11) is 2.03. The molecule has 5 aromatic carbocycles. The van der Waals surface area contributed by atoms with Crippen LogP contribution in [0.4, 0.5) is 0 Å². The van der Waals surface area contributed by atoms with Crippen molar-refractivity contribution in [2.75, 3.05) is 13.3 Å². The summed E-state index contributed by atoms with van der Waals surface area (Å²) in [4.78, 5) is 1.25. The van der Waals surface area contributed by atoms with Crippen LogP contribution in [0.25, 0.3) is 49.8 Å². The number of hydrogen-bond donors (Lipinski definition) is 2. The molecular formula is C54H54N2S2. The monoisotopic (exact) mass is 794 g/mol. The molecule has 2 nitrogen and oxygen atoms in total. The number of allylic oxidation sites excluding steroid dienone is 8. The minimum Gasteiger partial charge on any atom is -0.310 e. The van der Waals surface area contributed by atoms with Gasteiger partial charge in [-0.15, -0.1) is 0 Å². The van der Waals surface area contributed by atoms with Gasteiger partial charge < -0.3 is 9.88 Å². The van der Waals surface area contributed by atoms with Gasteiger partial charge in [0.05, 0.1) is 17.1 Å². The highest BCUT2D eigenvalue weighted by molar-refractivity contribution is 8.06. The van der Waals surface area contributed by atoms with Crippen LogP contribution in [0, 0.1) is 0 Å². The van der Waals surface area contributed by atoms with Gasteiger partial charge in [-0.2, -0.15) is 12.6 Å². The number of fused-ring (bicyclic) bond motifs is 3. The van der Waals surface area contributed by atoms with Gasteiger partial charge in [-0.05, 0) is 137 Å². The Balaban J connectivity index is 0.00000138. The summed E-state index contributed by atoms with van der Waals surface area (Å²) in [6, 6.07) is 44.6. The Morgan fingerprint density at radius 1 is 0.759 bits per heavy atom. The predicted molar refractivity (Wildman–Crippen MR) is 262 cm³/mol. The summed E-state index contributed by atoms with van der Waals surface area (Å²) in [5.41, 5.74) is 15.8. The van der Waals surface area contributed by atoms with Gasteiger partial charge in [-0.25, -0.2) is 0 Å². The number of thioether (sulfide) groups is 1. The van der Waals surface area contributed by atoms with Gasteiger partial charge in [0, 0.05) is 21.4 Å². The van der Waals surface area contributed by atoms with Crippen LogP contribution < -0.4 is 5.32 Å². The fourth-order valence-electron chi connectivity index (χ4n) is 7.88. The third-order valence-electron chi connectivity index (χ3n) is 10.5. The Morgan fingerprint density at radius 2 is 1.47 bits per heavy atom. The topological polar surface area (TPSA) is 17.0 Å². The molecule has 8 rings (SSSR count). The fourth-order valence-corrected chi connectivity index (χ4v) is 8.75. The molecule has 4 heteroatoms. The van der Waals surface area contributed by atoms with E-state index in [1.54, 1.807) is 18.0 Å². The fraction of sp³-hybridized carbons (Fsp3) is 0.148. The van der Waals surface area contributed by atoms with Crippen LogP contribution in [-0.2, 0) is 0 Å². The highest BCUT2D eigenvalue weighted by atomic mass is 32.2. The number of nitrogens with one attached hydrogen (secondary N) is 1. The predicted octanol–water partition coefficient (Wildman–Crippen LogP) is 15.0. The summed E-state index contributed by atoms with van der Waals surface area (Å²) >= 11 is 5.29. The van der Waals surface area contributed by atoms with Crippen molar-refractivity contribution in [3.8, 4) is 16.8 Å². The molecule has 0 spiro atoms. The molecule has 1 atom stereocenters. The average Bonchev–Trinajstić information content (AvgIpc) is 3.64. The van der Waals surface area contributed by atoms with Crippen molar-refractivity contribution in [2.24, 2.45) is 0 Å². The van der Waals surface area contributed by atoms with Crippen LogP contribution in [0.3, 0.4) is 0 Å². The minimum absolute atomic E-state index is 0.132. The summed E-state index contributed by atoms with van der Waals surface area (Å²) in [5.74, 6) is 0. The molecule has 2 aliphatic rings. The lowest BCUT2D eigenvalue weighted by atomic mass is 9.86. The summed E-state index contributed by atoms with van der Waals surface area (Å²) in [6.07, 6.45) is 18.7. The molecule has 292 valence electrons. The molecule has 1 heterocycles. The first-order valence-corrected chi connectivity index (χ1v) is 21.9. The molecule has 58 heavy (non-hydrogen) atoms. The van der Waals surface area contributed by atoms with E-state index in [-0.39, 0.29) is 6.04 Å². The molecule has 0 saturated heterocycles. The number of para-hydroxylation sites is 1. The van der Waals surface area contributed by atoms with E-state index in [1.165, 1.54) is 76.8 Å². The van der Waals surface area contributed by atoms with Gasteiger partial charge in [0.2, 0.25) is 0 Å². The van der Waals surface area contributed by atoms with E-state index in [0.717, 1.165) is 24.1 Å². The Bertz CT molecular complexity index is 2610. The molecule has 1 unspecified atom stereocenters. The van der Waals surface area contributed by atoms with Crippen molar-refractivity contribution in [3.63, 3.8) is 0 Å². The number of rotatable bonds is 10. The van der Waals surface area contributed by atoms with E-state index in [0.29, 0.717) is 0 Å². The van der Waals surface area contributed by atoms with E-state index in [2.05, 4.69) is 206 Å². The second kappa shape index (κ2) is 20.3. The zero-order chi connectivity index (χ0) is 41.0. The first-order valence-electron chi connectivity index (χ1n) is 20.1. The van der Waals surface area contributed by atoms with E-state index in [1.807, 2.05) is 27.0 Å². The SMILES string of the molecule is C=CC(=C)C1=C(S/C=C\C)C=C(c2ccc3c(c2)c2ccccc2n3-c2cccc(-c3cccc(/C(=C4/C=CC=CC4NC)c4ccccc4)c3)c2)CC1.CC.CS. The molecular weight excluding hydrogens is 741 g/mol. The highest BCUT2D eigenvalue weighted by Crippen LogP contribution is 2.41. The molecule has 2 aliphatic carbocycles. The molecule has 6 aromatic rings. The van der Waals surface area contributed by atoms with Gasteiger partial charge in [-0.3, -0.25) is 0 Å². The van der Waals surface area contributed by atoms with Crippen LogP contribution in [0.2, 0.25) is 0 Å². The molecule has 0 radical (unpaired) electrons. The van der Waals surface area contributed by atoms with Crippen molar-refractivity contribution >= 4 is 57.3 Å². The number of benzene rings is 5. The first kappa shape index (κ1) is 42.1. The maximum atomic E-state index is 4.28. The van der Waals surface area contributed by atoms with E-state index < -0.39 is 0 Å². The van der Waals surface area contributed by atoms with Crippen LogP contribution in [0.15, 0.2) is 204 Å². The summed E-state index contributed by atoms with van der Waals surface area (Å²) in [5, 5.41) is 8.16. The smallest absolute Gasteiger partial charge is 0.0541 e. The number of hydrogen-bond acceptors (Lipinski definition) is 3. The van der Waals surface area contributed by atoms with Gasteiger partial charge in [0.1, 0.15) is 0 Å². The van der Waals surface area contributed by atoms with Crippen molar-refractivity contribution in [1.29, 1.82) is 0 Å². The Labute approximate surface area is 355 Å². The van der Waals surface area contributed by atoms with E-state index in [4.69, 9.17) is 0 Å². The standard InChI is InChI=1S/C51H44N2S.C2H6.CH4S/c1-5-30-54-50-34-40(26-28-43(50)35(3)6-2)39-27-29-49-46(33-39)44-22-11-13-25-48(44)53(49)42-21-15-19-38(32-42)37-18-14-20-41(31-37)51(36-16-8-7-9-17-36)45-23-10-12-24-47(45)52-4;2*1-2/h5-25,27,29-34,47,52H,2-3,26,28H2,1,4H3;1-2H3;2H,1H3/b30-5-,51-45-;;. The van der Waals surface area contributed by atoms with E-state index >= 15 is 0 Å². The number of likely N-dealkylation sites (N-methyl/N-ethyl adjacent to an activating group) is 1.